The Bertz CT molecular complexity index is 506. The highest BCUT2D eigenvalue weighted by Crippen LogP contribution is 2.31. The molecule has 1 saturated carbocycles. The van der Waals surface area contributed by atoms with E-state index in [-0.39, 0.29) is 22.7 Å². The fourth-order valence-corrected chi connectivity index (χ4v) is 3.15. The number of rotatable bonds is 3. The maximum Gasteiger partial charge on any atom is 0.144 e. The van der Waals surface area contributed by atoms with Gasteiger partial charge in [0.15, 0.2) is 0 Å². The molecule has 2 atom stereocenters. The summed E-state index contributed by atoms with van der Waals surface area (Å²) in [6, 6.07) is 4.94. The fourth-order valence-electron chi connectivity index (χ4n) is 2.91. The number of halogens is 2. The predicted octanol–water partition coefficient (Wildman–Crippen LogP) is 3.48. The molecule has 1 aromatic rings. The van der Waals surface area contributed by atoms with Crippen LogP contribution in [0.2, 0.25) is 5.02 Å². The molecule has 0 spiro atoms. The molecule has 108 valence electrons. The van der Waals surface area contributed by atoms with E-state index in [2.05, 4.69) is 4.90 Å². The van der Waals surface area contributed by atoms with Gasteiger partial charge in [-0.1, -0.05) is 11.6 Å². The Labute approximate surface area is 123 Å². The van der Waals surface area contributed by atoms with Crippen molar-refractivity contribution in [1.82, 2.24) is 0 Å². The van der Waals surface area contributed by atoms with E-state index < -0.39 is 5.82 Å². The van der Waals surface area contributed by atoms with Crippen LogP contribution in [0.1, 0.15) is 38.2 Å². The van der Waals surface area contributed by atoms with Gasteiger partial charge < -0.3 is 10.0 Å². The van der Waals surface area contributed by atoms with Crippen molar-refractivity contribution in [3.8, 4) is 6.07 Å². The van der Waals surface area contributed by atoms with Gasteiger partial charge in [0, 0.05) is 18.3 Å². The second-order valence-electron chi connectivity index (χ2n) is 5.16. The highest BCUT2D eigenvalue weighted by atomic mass is 35.5. The summed E-state index contributed by atoms with van der Waals surface area (Å²) in [6.07, 6.45) is 3.17. The molecule has 2 unspecified atom stereocenters. The number of hydrogen-bond acceptors (Lipinski definition) is 3. The van der Waals surface area contributed by atoms with Crippen LogP contribution in [0, 0.1) is 17.1 Å². The molecule has 1 fully saturated rings. The van der Waals surface area contributed by atoms with Crippen molar-refractivity contribution < 1.29 is 9.50 Å². The van der Waals surface area contributed by atoms with Crippen LogP contribution < -0.4 is 4.90 Å². The van der Waals surface area contributed by atoms with Gasteiger partial charge in [0.25, 0.3) is 0 Å². The lowest BCUT2D eigenvalue weighted by atomic mass is 9.91. The third-order valence-corrected chi connectivity index (χ3v) is 4.17. The van der Waals surface area contributed by atoms with Crippen LogP contribution in [-0.4, -0.2) is 23.8 Å². The molecule has 5 heteroatoms. The average Bonchev–Trinajstić information content (AvgIpc) is 2.39. The molecule has 0 aliphatic heterocycles. The summed E-state index contributed by atoms with van der Waals surface area (Å²) in [5.74, 6) is -0.593. The zero-order valence-electron chi connectivity index (χ0n) is 11.4. The number of benzene rings is 1. The van der Waals surface area contributed by atoms with Crippen LogP contribution in [0.3, 0.4) is 0 Å². The zero-order valence-corrected chi connectivity index (χ0v) is 12.2. The molecular formula is C15H18ClFN2O. The monoisotopic (exact) mass is 296 g/mol. The number of hydrogen-bond donors (Lipinski definition) is 1. The van der Waals surface area contributed by atoms with Gasteiger partial charge >= 0.3 is 0 Å². The minimum Gasteiger partial charge on any atom is -0.393 e. The smallest absolute Gasteiger partial charge is 0.144 e. The van der Waals surface area contributed by atoms with Crippen LogP contribution in [0.4, 0.5) is 10.1 Å². The number of aliphatic hydroxyl groups excluding tert-OH is 1. The first-order valence-electron chi connectivity index (χ1n) is 6.90. The van der Waals surface area contributed by atoms with Crippen LogP contribution in [0.25, 0.3) is 0 Å². The summed E-state index contributed by atoms with van der Waals surface area (Å²) in [7, 11) is 0. The standard InChI is InChI=1S/C15H18ClFN2O/c1-2-19(10-4-3-5-12(20)6-10)11-7-14(16)13(9-18)15(17)8-11/h7-8,10,12,20H,2-6H2,1H3. The first kappa shape index (κ1) is 15.1. The Morgan fingerprint density at radius 2 is 2.25 bits per heavy atom. The minimum absolute atomic E-state index is 0.116. The van der Waals surface area contributed by atoms with Gasteiger partial charge in [0.05, 0.1) is 11.1 Å². The van der Waals surface area contributed by atoms with Crippen molar-refractivity contribution in [1.29, 1.82) is 5.26 Å². The summed E-state index contributed by atoms with van der Waals surface area (Å²) in [5, 5.41) is 18.8. The highest BCUT2D eigenvalue weighted by Gasteiger charge is 2.26. The topological polar surface area (TPSA) is 47.3 Å². The molecule has 1 aliphatic rings. The molecular weight excluding hydrogens is 279 g/mol. The van der Waals surface area contributed by atoms with Crippen LogP contribution in [0.5, 0.6) is 0 Å². The summed E-state index contributed by atoms with van der Waals surface area (Å²) in [5.41, 5.74) is 0.559. The Balaban J connectivity index is 2.30. The van der Waals surface area contributed by atoms with Gasteiger partial charge in [-0.25, -0.2) is 4.39 Å². The Kier molecular flexibility index (Phi) is 4.85. The van der Waals surface area contributed by atoms with E-state index in [4.69, 9.17) is 16.9 Å². The number of aliphatic hydroxyl groups is 1. The molecule has 20 heavy (non-hydrogen) atoms. The number of anilines is 1. The second kappa shape index (κ2) is 6.43. The van der Waals surface area contributed by atoms with Gasteiger partial charge in [-0.15, -0.1) is 0 Å². The Hall–Kier alpha value is -1.31. The lowest BCUT2D eigenvalue weighted by molar-refractivity contribution is 0.118. The largest absolute Gasteiger partial charge is 0.393 e. The first-order valence-corrected chi connectivity index (χ1v) is 7.28. The maximum absolute atomic E-state index is 13.9. The summed E-state index contributed by atoms with van der Waals surface area (Å²) >= 11 is 5.96. The molecule has 0 bridgehead atoms. The summed E-state index contributed by atoms with van der Waals surface area (Å²) in [4.78, 5) is 2.05. The van der Waals surface area contributed by atoms with E-state index >= 15 is 0 Å². The van der Waals surface area contributed by atoms with Crippen molar-refractivity contribution in [2.75, 3.05) is 11.4 Å². The number of nitrogens with zero attached hydrogens (tertiary/aromatic N) is 2. The van der Waals surface area contributed by atoms with E-state index in [9.17, 15) is 9.50 Å². The molecule has 0 amide bonds. The van der Waals surface area contributed by atoms with Crippen molar-refractivity contribution in [3.63, 3.8) is 0 Å². The SMILES string of the molecule is CCN(c1cc(F)c(C#N)c(Cl)c1)C1CCCC(O)C1. The van der Waals surface area contributed by atoms with Crippen molar-refractivity contribution in [3.05, 3.63) is 28.5 Å². The van der Waals surface area contributed by atoms with E-state index in [0.717, 1.165) is 19.3 Å². The van der Waals surface area contributed by atoms with E-state index in [1.807, 2.05) is 6.92 Å². The normalized spacial score (nSPS) is 22.4. The van der Waals surface area contributed by atoms with Crippen LogP contribution in [0.15, 0.2) is 12.1 Å². The van der Waals surface area contributed by atoms with Crippen molar-refractivity contribution >= 4 is 17.3 Å². The van der Waals surface area contributed by atoms with Gasteiger partial charge in [-0.05, 0) is 44.7 Å². The van der Waals surface area contributed by atoms with Crippen LogP contribution in [-0.2, 0) is 0 Å². The molecule has 2 rings (SSSR count). The third-order valence-electron chi connectivity index (χ3n) is 3.87. The average molecular weight is 297 g/mol. The fraction of sp³-hybridized carbons (Fsp3) is 0.533. The third kappa shape index (κ3) is 3.05. The van der Waals surface area contributed by atoms with Gasteiger partial charge in [0.2, 0.25) is 0 Å². The van der Waals surface area contributed by atoms with E-state index in [1.165, 1.54) is 6.07 Å². The Morgan fingerprint density at radius 3 is 2.80 bits per heavy atom. The lowest BCUT2D eigenvalue weighted by Crippen LogP contribution is -2.40. The molecule has 1 aliphatic carbocycles. The molecule has 3 nitrogen and oxygen atoms in total. The van der Waals surface area contributed by atoms with E-state index in [0.29, 0.717) is 18.7 Å². The zero-order chi connectivity index (χ0) is 14.7. The second-order valence-corrected chi connectivity index (χ2v) is 5.56. The number of nitriles is 1. The molecule has 0 heterocycles. The van der Waals surface area contributed by atoms with Crippen LogP contribution >= 0.6 is 11.6 Å². The van der Waals surface area contributed by atoms with Gasteiger partial charge in [-0.3, -0.25) is 0 Å². The molecule has 0 aromatic heterocycles. The van der Waals surface area contributed by atoms with Crippen molar-refractivity contribution in [2.45, 2.75) is 44.8 Å². The highest BCUT2D eigenvalue weighted by molar-refractivity contribution is 6.32. The molecule has 0 saturated heterocycles. The molecule has 1 N–H and O–H groups in total. The molecule has 0 radical (unpaired) electrons. The van der Waals surface area contributed by atoms with Crippen molar-refractivity contribution in [2.24, 2.45) is 0 Å². The minimum atomic E-state index is -0.593. The summed E-state index contributed by atoms with van der Waals surface area (Å²) < 4.78 is 13.9. The Morgan fingerprint density at radius 1 is 1.50 bits per heavy atom. The van der Waals surface area contributed by atoms with E-state index in [1.54, 1.807) is 12.1 Å². The summed E-state index contributed by atoms with van der Waals surface area (Å²) in [6.45, 7) is 2.70. The predicted molar refractivity (Wildman–Crippen MR) is 77.4 cm³/mol. The lowest BCUT2D eigenvalue weighted by Gasteiger charge is -2.37. The molecule has 1 aromatic carbocycles. The first-order chi connectivity index (χ1) is 9.56. The van der Waals surface area contributed by atoms with Gasteiger partial charge in [0.1, 0.15) is 17.4 Å². The van der Waals surface area contributed by atoms with Gasteiger partial charge in [-0.2, -0.15) is 5.26 Å². The quantitative estimate of drug-likeness (QED) is 0.929. The maximum atomic E-state index is 13.9.